The number of esters is 1. The summed E-state index contributed by atoms with van der Waals surface area (Å²) >= 11 is 0. The lowest BCUT2D eigenvalue weighted by Gasteiger charge is -2.27. The molecule has 0 aliphatic carbocycles. The summed E-state index contributed by atoms with van der Waals surface area (Å²) in [4.78, 5) is 13.0. The monoisotopic (exact) mass is 523 g/mol. The first-order chi connectivity index (χ1) is 18.1. The molecular weight excluding hydrogens is 452 g/mol. The smallest absolute Gasteiger partial charge is 0.311 e. The van der Waals surface area contributed by atoms with Crippen LogP contribution in [0, 0.1) is 5.41 Å². The molecule has 0 spiro atoms. The molecule has 1 unspecified atom stereocenters. The van der Waals surface area contributed by atoms with Crippen LogP contribution in [0.1, 0.15) is 207 Å². The van der Waals surface area contributed by atoms with Gasteiger partial charge < -0.3 is 4.74 Å². The van der Waals surface area contributed by atoms with Crippen LogP contribution in [0.3, 0.4) is 0 Å². The zero-order chi connectivity index (χ0) is 27.3. The van der Waals surface area contributed by atoms with Crippen molar-refractivity contribution in [3.63, 3.8) is 0 Å². The van der Waals surface area contributed by atoms with Gasteiger partial charge in [0.25, 0.3) is 0 Å². The predicted molar refractivity (Wildman–Crippen MR) is 165 cm³/mol. The lowest BCUT2D eigenvalue weighted by atomic mass is 9.80. The van der Waals surface area contributed by atoms with E-state index in [1.54, 1.807) is 0 Å². The number of hydrogen-bond donors (Lipinski definition) is 0. The summed E-state index contributed by atoms with van der Waals surface area (Å²) in [6.07, 6.45) is 36.7. The molecule has 0 aromatic rings. The van der Waals surface area contributed by atoms with Gasteiger partial charge in [0.1, 0.15) is 0 Å². The van der Waals surface area contributed by atoms with Crippen molar-refractivity contribution < 1.29 is 9.53 Å². The molecule has 0 fully saturated rings. The second-order valence-corrected chi connectivity index (χ2v) is 12.3. The Hall–Kier alpha value is -0.530. The molecule has 222 valence electrons. The maximum absolute atomic E-state index is 13.0. The van der Waals surface area contributed by atoms with Gasteiger partial charge in [-0.25, -0.2) is 0 Å². The minimum absolute atomic E-state index is 0.0755. The molecule has 1 atom stereocenters. The van der Waals surface area contributed by atoms with Crippen LogP contribution in [0.25, 0.3) is 0 Å². The van der Waals surface area contributed by atoms with E-state index in [-0.39, 0.29) is 11.4 Å². The lowest BCUT2D eigenvalue weighted by molar-refractivity contribution is -0.156. The van der Waals surface area contributed by atoms with E-state index in [0.29, 0.717) is 6.61 Å². The van der Waals surface area contributed by atoms with Gasteiger partial charge in [-0.05, 0) is 26.2 Å². The first-order valence-corrected chi connectivity index (χ1v) is 17.3. The van der Waals surface area contributed by atoms with Crippen LogP contribution in [0.4, 0.5) is 0 Å². The van der Waals surface area contributed by atoms with Gasteiger partial charge in [0, 0.05) is 0 Å². The number of rotatable bonds is 30. The lowest BCUT2D eigenvalue weighted by Crippen LogP contribution is -2.30. The normalized spacial score (nSPS) is 13.1. The minimum atomic E-state index is -0.272. The quantitative estimate of drug-likeness (QED) is 0.0692. The van der Waals surface area contributed by atoms with Crippen LogP contribution in [-0.4, -0.2) is 12.6 Å². The Morgan fingerprint density at radius 3 is 1.11 bits per heavy atom. The van der Waals surface area contributed by atoms with Gasteiger partial charge in [-0.2, -0.15) is 0 Å². The van der Waals surface area contributed by atoms with Crippen LogP contribution in [0.2, 0.25) is 0 Å². The Bertz CT molecular complexity index is 460. The summed E-state index contributed by atoms with van der Waals surface area (Å²) in [5.41, 5.74) is -0.272. The van der Waals surface area contributed by atoms with Gasteiger partial charge in [0.05, 0.1) is 12.0 Å². The Morgan fingerprint density at radius 2 is 0.730 bits per heavy atom. The van der Waals surface area contributed by atoms with Gasteiger partial charge in [0.15, 0.2) is 0 Å². The van der Waals surface area contributed by atoms with Crippen molar-refractivity contribution in [2.75, 3.05) is 6.61 Å². The van der Waals surface area contributed by atoms with E-state index >= 15 is 0 Å². The summed E-state index contributed by atoms with van der Waals surface area (Å²) in [5, 5.41) is 0. The van der Waals surface area contributed by atoms with Gasteiger partial charge in [-0.3, -0.25) is 4.79 Å². The van der Waals surface area contributed by atoms with E-state index in [9.17, 15) is 4.79 Å². The highest BCUT2D eigenvalue weighted by molar-refractivity contribution is 5.76. The summed E-state index contributed by atoms with van der Waals surface area (Å²) in [6.45, 7) is 9.59. The third-order valence-corrected chi connectivity index (χ3v) is 8.39. The second kappa shape index (κ2) is 28.5. The third-order valence-electron chi connectivity index (χ3n) is 8.39. The van der Waals surface area contributed by atoms with E-state index in [2.05, 4.69) is 27.7 Å². The van der Waals surface area contributed by atoms with Crippen LogP contribution in [0.15, 0.2) is 0 Å². The van der Waals surface area contributed by atoms with E-state index in [1.165, 1.54) is 148 Å². The van der Waals surface area contributed by atoms with E-state index in [4.69, 9.17) is 4.74 Å². The Morgan fingerprint density at radius 1 is 0.432 bits per heavy atom. The van der Waals surface area contributed by atoms with Crippen LogP contribution < -0.4 is 0 Å². The standard InChI is InChI=1S/C35H70O2/c1-5-8-11-13-15-17-19-20-21-22-23-25-27-29-32-35(4,31-10-7-3)34(36)37-33-30-28-26-24-18-16-14-12-9-6-2/h5-33H2,1-4H3. The molecule has 0 radical (unpaired) electrons. The molecule has 0 aromatic heterocycles. The molecule has 0 aromatic carbocycles. The van der Waals surface area contributed by atoms with Crippen molar-refractivity contribution in [2.45, 2.75) is 207 Å². The SMILES string of the molecule is CCCCCCCCCCCCCCCCC(C)(CCCC)C(=O)OCCCCCCCCCCCC. The summed E-state index contributed by atoms with van der Waals surface area (Å²) < 4.78 is 5.81. The van der Waals surface area contributed by atoms with Crippen molar-refractivity contribution >= 4 is 5.97 Å². The molecular formula is C35H70O2. The highest BCUT2D eigenvalue weighted by Gasteiger charge is 2.33. The first-order valence-electron chi connectivity index (χ1n) is 17.3. The highest BCUT2D eigenvalue weighted by Crippen LogP contribution is 2.33. The number of carbonyl (C=O) groups is 1. The molecule has 0 amide bonds. The highest BCUT2D eigenvalue weighted by atomic mass is 16.5. The fourth-order valence-corrected chi connectivity index (χ4v) is 5.53. The average molecular weight is 523 g/mol. The number of unbranched alkanes of at least 4 members (excludes halogenated alkanes) is 23. The molecule has 2 heteroatoms. The van der Waals surface area contributed by atoms with Crippen LogP contribution >= 0.6 is 0 Å². The molecule has 0 saturated heterocycles. The third kappa shape index (κ3) is 24.3. The molecule has 0 saturated carbocycles. The zero-order valence-electron chi connectivity index (χ0n) is 26.3. The molecule has 0 aliphatic heterocycles. The predicted octanol–water partition coefficient (Wildman–Crippen LogP) is 12.5. The van der Waals surface area contributed by atoms with Gasteiger partial charge >= 0.3 is 5.97 Å². The summed E-state index contributed by atoms with van der Waals surface area (Å²) in [7, 11) is 0. The van der Waals surface area contributed by atoms with Gasteiger partial charge in [-0.15, -0.1) is 0 Å². The van der Waals surface area contributed by atoms with E-state index in [0.717, 1.165) is 32.1 Å². The number of ether oxygens (including phenoxy) is 1. The molecule has 0 bridgehead atoms. The Balaban J connectivity index is 3.81. The summed E-state index contributed by atoms with van der Waals surface area (Å²) in [6, 6.07) is 0. The fourth-order valence-electron chi connectivity index (χ4n) is 5.53. The largest absolute Gasteiger partial charge is 0.465 e. The van der Waals surface area contributed by atoms with Gasteiger partial charge in [-0.1, -0.05) is 181 Å². The molecule has 0 heterocycles. The van der Waals surface area contributed by atoms with Crippen molar-refractivity contribution in [1.29, 1.82) is 0 Å². The van der Waals surface area contributed by atoms with Crippen molar-refractivity contribution in [3.05, 3.63) is 0 Å². The Labute approximate surface area is 234 Å². The van der Waals surface area contributed by atoms with Crippen LogP contribution in [-0.2, 0) is 9.53 Å². The number of carbonyl (C=O) groups excluding carboxylic acids is 1. The second-order valence-electron chi connectivity index (χ2n) is 12.3. The van der Waals surface area contributed by atoms with Crippen molar-refractivity contribution in [1.82, 2.24) is 0 Å². The molecule has 37 heavy (non-hydrogen) atoms. The van der Waals surface area contributed by atoms with Crippen LogP contribution in [0.5, 0.6) is 0 Å². The summed E-state index contributed by atoms with van der Waals surface area (Å²) in [5.74, 6) is 0.0755. The molecule has 0 N–H and O–H groups in total. The van der Waals surface area contributed by atoms with Crippen molar-refractivity contribution in [2.24, 2.45) is 5.41 Å². The fraction of sp³-hybridized carbons (Fsp3) is 0.971. The van der Waals surface area contributed by atoms with Gasteiger partial charge in [0.2, 0.25) is 0 Å². The molecule has 0 aliphatic rings. The first kappa shape index (κ1) is 36.5. The van der Waals surface area contributed by atoms with Crippen molar-refractivity contribution in [3.8, 4) is 0 Å². The Kier molecular flexibility index (Phi) is 28.1. The van der Waals surface area contributed by atoms with E-state index in [1.807, 2.05) is 0 Å². The molecule has 2 nitrogen and oxygen atoms in total. The van der Waals surface area contributed by atoms with E-state index < -0.39 is 0 Å². The number of hydrogen-bond acceptors (Lipinski definition) is 2. The average Bonchev–Trinajstić information content (AvgIpc) is 2.90. The maximum atomic E-state index is 13.0. The molecule has 0 rings (SSSR count). The minimum Gasteiger partial charge on any atom is -0.465 e. The topological polar surface area (TPSA) is 26.3 Å². The zero-order valence-corrected chi connectivity index (χ0v) is 26.3. The maximum Gasteiger partial charge on any atom is 0.311 e.